The lowest BCUT2D eigenvalue weighted by molar-refractivity contribution is -0.137. The Bertz CT molecular complexity index is 671. The van der Waals surface area contributed by atoms with Crippen LogP contribution in [0.2, 0.25) is 0 Å². The number of hydrogen-bond donors (Lipinski definition) is 2. The van der Waals surface area contributed by atoms with Crippen molar-refractivity contribution in [1.29, 1.82) is 0 Å². The van der Waals surface area contributed by atoms with Crippen molar-refractivity contribution in [3.63, 3.8) is 0 Å². The van der Waals surface area contributed by atoms with Crippen LogP contribution in [0.5, 0.6) is 0 Å². The van der Waals surface area contributed by atoms with Gasteiger partial charge in [-0.15, -0.1) is 0 Å². The van der Waals surface area contributed by atoms with Gasteiger partial charge in [0.1, 0.15) is 0 Å². The fourth-order valence-electron chi connectivity index (χ4n) is 2.55. The van der Waals surface area contributed by atoms with Crippen LogP contribution in [0.4, 0.5) is 30.2 Å². The van der Waals surface area contributed by atoms with Crippen molar-refractivity contribution in [2.75, 3.05) is 42.1 Å². The molecule has 1 fully saturated rings. The molecule has 0 spiro atoms. The molecule has 1 aliphatic heterocycles. The van der Waals surface area contributed by atoms with Crippen molar-refractivity contribution >= 4 is 17.1 Å². The molecule has 2 N–H and O–H groups in total. The molecule has 24 heavy (non-hydrogen) atoms. The van der Waals surface area contributed by atoms with Crippen LogP contribution in [-0.2, 0) is 10.9 Å². The molecule has 2 aromatic rings. The highest BCUT2D eigenvalue weighted by Crippen LogP contribution is 2.35. The Morgan fingerprint density at radius 3 is 2.29 bits per heavy atom. The number of alkyl halides is 3. The van der Waals surface area contributed by atoms with Gasteiger partial charge in [-0.25, -0.2) is 0 Å². The molecule has 7 heteroatoms. The minimum Gasteiger partial charge on any atom is -0.378 e. The van der Waals surface area contributed by atoms with E-state index in [-0.39, 0.29) is 0 Å². The molecular weight excluding hydrogens is 319 g/mol. The summed E-state index contributed by atoms with van der Waals surface area (Å²) in [7, 11) is 0. The van der Waals surface area contributed by atoms with Gasteiger partial charge < -0.3 is 15.1 Å². The third-order valence-corrected chi connectivity index (χ3v) is 3.79. The number of hydrogen-bond acceptors (Lipinski definition) is 4. The van der Waals surface area contributed by atoms with Gasteiger partial charge in [0.25, 0.3) is 0 Å². The first-order chi connectivity index (χ1) is 11.5. The van der Waals surface area contributed by atoms with Crippen LogP contribution in [0.3, 0.4) is 0 Å². The van der Waals surface area contributed by atoms with Gasteiger partial charge in [-0.05, 0) is 30.3 Å². The molecule has 1 heterocycles. The van der Waals surface area contributed by atoms with Crippen LogP contribution < -0.4 is 15.8 Å². The summed E-state index contributed by atoms with van der Waals surface area (Å²) in [4.78, 5) is 2.01. The molecular formula is C17H18F3N3O. The summed E-state index contributed by atoms with van der Waals surface area (Å²) < 4.78 is 44.4. The second kappa shape index (κ2) is 7.00. The predicted molar refractivity (Wildman–Crippen MR) is 88.2 cm³/mol. The fraction of sp³-hybridized carbons (Fsp3) is 0.294. The van der Waals surface area contributed by atoms with Crippen molar-refractivity contribution in [3.8, 4) is 0 Å². The van der Waals surface area contributed by atoms with Gasteiger partial charge in [-0.2, -0.15) is 13.2 Å². The summed E-state index contributed by atoms with van der Waals surface area (Å²) in [5.41, 5.74) is 7.04. The van der Waals surface area contributed by atoms with E-state index in [0.29, 0.717) is 32.0 Å². The lowest BCUT2D eigenvalue weighted by Crippen LogP contribution is -2.36. The van der Waals surface area contributed by atoms with Crippen LogP contribution in [0.1, 0.15) is 5.56 Å². The maximum Gasteiger partial charge on any atom is 0.416 e. The van der Waals surface area contributed by atoms with Crippen LogP contribution in [0.25, 0.3) is 0 Å². The summed E-state index contributed by atoms with van der Waals surface area (Å²) in [6.45, 7) is 2.41. The Morgan fingerprint density at radius 1 is 0.917 bits per heavy atom. The van der Waals surface area contributed by atoms with E-state index in [2.05, 4.69) is 10.9 Å². The Kier molecular flexibility index (Phi) is 4.80. The Hall–Kier alpha value is -2.41. The number of hydrazine groups is 1. The van der Waals surface area contributed by atoms with Crippen molar-refractivity contribution in [2.45, 2.75) is 6.18 Å². The number of anilines is 3. The van der Waals surface area contributed by atoms with Crippen molar-refractivity contribution < 1.29 is 17.9 Å². The predicted octanol–water partition coefficient (Wildman–Crippen LogP) is 3.98. The lowest BCUT2D eigenvalue weighted by atomic mass is 10.1. The minimum absolute atomic E-state index is 0.385. The van der Waals surface area contributed by atoms with Gasteiger partial charge >= 0.3 is 6.18 Å². The fourth-order valence-corrected chi connectivity index (χ4v) is 2.55. The summed E-state index contributed by atoms with van der Waals surface area (Å²) >= 11 is 0. The number of para-hydroxylation sites is 1. The molecule has 1 saturated heterocycles. The third-order valence-electron chi connectivity index (χ3n) is 3.79. The summed E-state index contributed by atoms with van der Waals surface area (Å²) in [6, 6.07) is 13.0. The molecule has 1 aliphatic rings. The summed E-state index contributed by atoms with van der Waals surface area (Å²) in [5.74, 6) is 0. The van der Waals surface area contributed by atoms with Crippen LogP contribution >= 0.6 is 0 Å². The second-order valence-corrected chi connectivity index (χ2v) is 5.45. The zero-order chi connectivity index (χ0) is 17.0. The van der Waals surface area contributed by atoms with Crippen molar-refractivity contribution in [2.24, 2.45) is 0 Å². The van der Waals surface area contributed by atoms with Crippen molar-refractivity contribution in [1.82, 2.24) is 0 Å². The molecule has 3 rings (SSSR count). The van der Waals surface area contributed by atoms with E-state index in [1.165, 1.54) is 6.07 Å². The van der Waals surface area contributed by atoms with Gasteiger partial charge in [0.2, 0.25) is 0 Å². The molecule has 128 valence electrons. The van der Waals surface area contributed by atoms with Gasteiger partial charge in [0.15, 0.2) is 0 Å². The normalized spacial score (nSPS) is 15.2. The number of ether oxygens (including phenoxy) is 1. The Labute approximate surface area is 138 Å². The highest BCUT2D eigenvalue weighted by Gasteiger charge is 2.31. The molecule has 0 aromatic heterocycles. The Balaban J connectivity index is 1.86. The van der Waals surface area contributed by atoms with E-state index in [9.17, 15) is 13.2 Å². The first-order valence-corrected chi connectivity index (χ1v) is 7.65. The molecule has 0 saturated carbocycles. The smallest absolute Gasteiger partial charge is 0.378 e. The van der Waals surface area contributed by atoms with E-state index in [4.69, 9.17) is 4.74 Å². The molecule has 0 amide bonds. The molecule has 4 nitrogen and oxygen atoms in total. The number of benzene rings is 2. The first kappa shape index (κ1) is 16.4. The quantitative estimate of drug-likeness (QED) is 0.828. The highest BCUT2D eigenvalue weighted by atomic mass is 19.4. The summed E-state index contributed by atoms with van der Waals surface area (Å²) in [5, 5.41) is 0. The van der Waals surface area contributed by atoms with Crippen LogP contribution in [0.15, 0.2) is 48.5 Å². The summed E-state index contributed by atoms with van der Waals surface area (Å²) in [6.07, 6.45) is -4.38. The maximum absolute atomic E-state index is 13.0. The van der Waals surface area contributed by atoms with E-state index in [1.54, 1.807) is 0 Å². The zero-order valence-electron chi connectivity index (χ0n) is 12.9. The molecule has 0 atom stereocenters. The van der Waals surface area contributed by atoms with E-state index >= 15 is 0 Å². The monoisotopic (exact) mass is 337 g/mol. The molecule has 0 unspecified atom stereocenters. The minimum atomic E-state index is -4.38. The molecule has 0 radical (unpaired) electrons. The average Bonchev–Trinajstić information content (AvgIpc) is 2.60. The SMILES string of the molecule is FC(F)(F)c1ccc(N2CCOCC2)c(NNc2ccccc2)c1. The number of nitrogens with one attached hydrogen (secondary N) is 2. The molecule has 0 aliphatic carbocycles. The number of nitrogens with zero attached hydrogens (tertiary/aromatic N) is 1. The van der Waals surface area contributed by atoms with Gasteiger partial charge in [0.05, 0.1) is 35.8 Å². The first-order valence-electron chi connectivity index (χ1n) is 7.65. The highest BCUT2D eigenvalue weighted by molar-refractivity contribution is 5.73. The number of halogens is 3. The van der Waals surface area contributed by atoms with Crippen molar-refractivity contribution in [3.05, 3.63) is 54.1 Å². The number of rotatable bonds is 4. The Morgan fingerprint density at radius 2 is 1.62 bits per heavy atom. The third kappa shape index (κ3) is 3.91. The van der Waals surface area contributed by atoms with Gasteiger partial charge in [-0.1, -0.05) is 18.2 Å². The van der Waals surface area contributed by atoms with Crippen LogP contribution in [-0.4, -0.2) is 26.3 Å². The topological polar surface area (TPSA) is 36.5 Å². The largest absolute Gasteiger partial charge is 0.416 e. The lowest BCUT2D eigenvalue weighted by Gasteiger charge is -2.31. The van der Waals surface area contributed by atoms with Crippen LogP contribution in [0, 0.1) is 0 Å². The second-order valence-electron chi connectivity index (χ2n) is 5.45. The van der Waals surface area contributed by atoms with Gasteiger partial charge in [0, 0.05) is 13.1 Å². The maximum atomic E-state index is 13.0. The molecule has 2 aromatic carbocycles. The van der Waals surface area contributed by atoms with E-state index in [1.807, 2.05) is 35.2 Å². The average molecular weight is 337 g/mol. The standard InChI is InChI=1S/C17H18F3N3O/c18-17(19,20)13-6-7-16(23-8-10-24-11-9-23)15(12-13)22-21-14-4-2-1-3-5-14/h1-7,12,21-22H,8-11H2. The zero-order valence-corrected chi connectivity index (χ0v) is 12.9. The van der Waals surface area contributed by atoms with E-state index in [0.717, 1.165) is 23.5 Å². The van der Waals surface area contributed by atoms with E-state index < -0.39 is 11.7 Å². The number of morpholine rings is 1. The molecule has 0 bridgehead atoms. The van der Waals surface area contributed by atoms with Gasteiger partial charge in [-0.3, -0.25) is 5.43 Å².